The normalized spacial score (nSPS) is 16.7. The fourth-order valence-electron chi connectivity index (χ4n) is 0.898. The number of hydrogen-bond donors (Lipinski definition) is 0. The van der Waals surface area contributed by atoms with Crippen molar-refractivity contribution >= 4 is 0 Å². The first kappa shape index (κ1) is 12.8. The van der Waals surface area contributed by atoms with Crippen molar-refractivity contribution in [3.05, 3.63) is 13.3 Å². The second-order valence-electron chi connectivity index (χ2n) is 1.93. The van der Waals surface area contributed by atoms with Crippen LogP contribution < -0.4 is 0 Å². The van der Waals surface area contributed by atoms with Gasteiger partial charge in [-0.1, -0.05) is 19.3 Å². The van der Waals surface area contributed by atoms with E-state index in [9.17, 15) is 0 Å². The molecule has 0 aliphatic heterocycles. The molecule has 0 atom stereocenters. The molecule has 9 heavy (non-hydrogen) atoms. The standard InChI is InChI=1S/C6H11.C2H5.Y/c1-2-4-6-5-3-1;1-2;/h1H,2-6H2;1H2,2H3;/q2*-1;. The maximum absolute atomic E-state index is 3.25. The van der Waals surface area contributed by atoms with Gasteiger partial charge in [-0.2, -0.15) is 19.8 Å². The van der Waals surface area contributed by atoms with Crippen LogP contribution in [0, 0.1) is 13.3 Å². The molecule has 0 aromatic heterocycles. The van der Waals surface area contributed by atoms with Gasteiger partial charge in [0.15, 0.2) is 0 Å². The van der Waals surface area contributed by atoms with Crippen molar-refractivity contribution in [1.82, 2.24) is 0 Å². The average molecular weight is 201 g/mol. The molecule has 0 unspecified atom stereocenters. The van der Waals surface area contributed by atoms with E-state index in [4.69, 9.17) is 0 Å². The van der Waals surface area contributed by atoms with Gasteiger partial charge in [-0.15, -0.1) is 0 Å². The third kappa shape index (κ3) is 9.10. The molecule has 1 saturated carbocycles. The summed E-state index contributed by atoms with van der Waals surface area (Å²) in [7, 11) is 0. The SMILES string of the molecule is [CH-]1CCCCC1.[CH2-]C.[Y]. The molecule has 1 aliphatic rings. The van der Waals surface area contributed by atoms with E-state index in [2.05, 4.69) is 13.3 Å². The van der Waals surface area contributed by atoms with Gasteiger partial charge in [0.1, 0.15) is 0 Å². The largest absolute Gasteiger partial charge is 0.346 e. The third-order valence-corrected chi connectivity index (χ3v) is 1.32. The molecule has 1 rings (SSSR count). The summed E-state index contributed by atoms with van der Waals surface area (Å²) in [6.45, 7) is 5.00. The minimum atomic E-state index is 0. The van der Waals surface area contributed by atoms with Crippen LogP contribution in [0.1, 0.15) is 39.0 Å². The van der Waals surface area contributed by atoms with E-state index in [-0.39, 0.29) is 32.7 Å². The van der Waals surface area contributed by atoms with Crippen LogP contribution in [0.15, 0.2) is 0 Å². The summed E-state index contributed by atoms with van der Waals surface area (Å²) in [5, 5.41) is 0. The minimum absolute atomic E-state index is 0. The molecular weight excluding hydrogens is 185 g/mol. The Labute approximate surface area is 84.7 Å². The minimum Gasteiger partial charge on any atom is -0.346 e. The molecule has 0 nitrogen and oxygen atoms in total. The molecule has 0 spiro atoms. The van der Waals surface area contributed by atoms with Crippen LogP contribution in [0.25, 0.3) is 0 Å². The van der Waals surface area contributed by atoms with Crippen LogP contribution >= 0.6 is 0 Å². The molecule has 1 radical (unpaired) electrons. The Kier molecular flexibility index (Phi) is 16.8. The Balaban J connectivity index is 0. The zero-order valence-corrected chi connectivity index (χ0v) is 9.24. The zero-order chi connectivity index (χ0) is 6.24. The first-order valence-corrected chi connectivity index (χ1v) is 3.52. The van der Waals surface area contributed by atoms with Crippen molar-refractivity contribution in [3.63, 3.8) is 0 Å². The number of hydrogen-bond acceptors (Lipinski definition) is 0. The van der Waals surface area contributed by atoms with Crippen LogP contribution in [-0.2, 0) is 32.7 Å². The quantitative estimate of drug-likeness (QED) is 0.528. The zero-order valence-electron chi connectivity index (χ0n) is 6.40. The first-order chi connectivity index (χ1) is 4.00. The van der Waals surface area contributed by atoms with Crippen LogP contribution in [0.2, 0.25) is 0 Å². The van der Waals surface area contributed by atoms with E-state index in [1.807, 2.05) is 0 Å². The maximum atomic E-state index is 3.25. The molecule has 0 aromatic rings. The Morgan fingerprint density at radius 3 is 1.56 bits per heavy atom. The van der Waals surface area contributed by atoms with Crippen molar-refractivity contribution in [1.29, 1.82) is 0 Å². The van der Waals surface area contributed by atoms with Gasteiger partial charge in [0.25, 0.3) is 0 Å². The molecule has 0 aromatic carbocycles. The summed E-state index contributed by atoms with van der Waals surface area (Å²) in [6.07, 6.45) is 9.50. The van der Waals surface area contributed by atoms with Crippen molar-refractivity contribution in [2.75, 3.05) is 0 Å². The van der Waals surface area contributed by atoms with E-state index in [0.717, 1.165) is 0 Å². The summed E-state index contributed by atoms with van der Waals surface area (Å²) in [4.78, 5) is 0. The summed E-state index contributed by atoms with van der Waals surface area (Å²) in [5.41, 5.74) is 0. The van der Waals surface area contributed by atoms with Crippen molar-refractivity contribution in [2.45, 2.75) is 39.0 Å². The Hall–Kier alpha value is 1.10. The van der Waals surface area contributed by atoms with Gasteiger partial charge in [0.05, 0.1) is 0 Å². The van der Waals surface area contributed by atoms with E-state index < -0.39 is 0 Å². The monoisotopic (exact) mass is 201 g/mol. The van der Waals surface area contributed by atoms with Crippen molar-refractivity contribution in [3.8, 4) is 0 Å². The van der Waals surface area contributed by atoms with Crippen LogP contribution in [0.3, 0.4) is 0 Å². The molecule has 1 aliphatic carbocycles. The van der Waals surface area contributed by atoms with Gasteiger partial charge in [0.2, 0.25) is 0 Å². The van der Waals surface area contributed by atoms with Crippen LogP contribution in [-0.4, -0.2) is 0 Å². The second kappa shape index (κ2) is 11.8. The molecule has 1 fully saturated rings. The Morgan fingerprint density at radius 2 is 1.44 bits per heavy atom. The average Bonchev–Trinajstić information content (AvgIpc) is 1.96. The van der Waals surface area contributed by atoms with Crippen LogP contribution in [0.5, 0.6) is 0 Å². The van der Waals surface area contributed by atoms with Gasteiger partial charge < -0.3 is 13.3 Å². The first-order valence-electron chi connectivity index (χ1n) is 3.52. The maximum Gasteiger partial charge on any atom is 0 e. The smallest absolute Gasteiger partial charge is 0 e. The molecule has 0 bridgehead atoms. The molecule has 0 N–H and O–H groups in total. The van der Waals surface area contributed by atoms with Gasteiger partial charge in [-0.05, 0) is 0 Å². The summed E-state index contributed by atoms with van der Waals surface area (Å²) >= 11 is 0. The molecule has 0 amide bonds. The van der Waals surface area contributed by atoms with Gasteiger partial charge in [-0.25, -0.2) is 0 Å². The van der Waals surface area contributed by atoms with Gasteiger partial charge in [-0.3, -0.25) is 0 Å². The molecule has 1 heteroatoms. The summed E-state index contributed by atoms with van der Waals surface area (Å²) in [6, 6.07) is 0. The summed E-state index contributed by atoms with van der Waals surface area (Å²) < 4.78 is 0. The van der Waals surface area contributed by atoms with Gasteiger partial charge >= 0.3 is 0 Å². The molecule has 0 saturated heterocycles. The summed E-state index contributed by atoms with van der Waals surface area (Å²) in [5.74, 6) is 0. The van der Waals surface area contributed by atoms with Gasteiger partial charge in [0, 0.05) is 32.7 Å². The Morgan fingerprint density at radius 1 is 1.00 bits per heavy atom. The molecule has 53 valence electrons. The molecule has 0 heterocycles. The topological polar surface area (TPSA) is 0 Å². The van der Waals surface area contributed by atoms with Crippen molar-refractivity contribution < 1.29 is 32.7 Å². The van der Waals surface area contributed by atoms with E-state index >= 15 is 0 Å². The third-order valence-electron chi connectivity index (χ3n) is 1.32. The van der Waals surface area contributed by atoms with E-state index in [1.165, 1.54) is 32.1 Å². The molecular formula is C8H16Y-2. The Bertz CT molecular complexity index is 20.0. The van der Waals surface area contributed by atoms with Crippen LogP contribution in [0.4, 0.5) is 0 Å². The van der Waals surface area contributed by atoms with Crippen molar-refractivity contribution in [2.24, 2.45) is 0 Å². The number of rotatable bonds is 0. The predicted molar refractivity (Wildman–Crippen MR) is 38.4 cm³/mol. The van der Waals surface area contributed by atoms with E-state index in [1.54, 1.807) is 6.92 Å². The fraction of sp³-hybridized carbons (Fsp3) is 0.750. The fourth-order valence-corrected chi connectivity index (χ4v) is 0.898. The van der Waals surface area contributed by atoms with E-state index in [0.29, 0.717) is 0 Å². The predicted octanol–water partition coefficient (Wildman–Crippen LogP) is 2.99. The second-order valence-corrected chi connectivity index (χ2v) is 1.93.